The molecule has 1 aromatic heterocycles. The molecular formula is C14H13NO2S. The van der Waals surface area contributed by atoms with Gasteiger partial charge in [-0.1, -0.05) is 32.0 Å². The Labute approximate surface area is 106 Å². The average Bonchev–Trinajstić information content (AvgIpc) is 2.37. The minimum absolute atomic E-state index is 0.319. The molecule has 1 aliphatic heterocycles. The van der Waals surface area contributed by atoms with Crippen LogP contribution in [0.2, 0.25) is 0 Å². The molecule has 1 aromatic carbocycles. The smallest absolute Gasteiger partial charge is 0.208 e. The van der Waals surface area contributed by atoms with Gasteiger partial charge in [0.1, 0.15) is 0 Å². The molecule has 2 aromatic rings. The number of fused-ring (bicyclic) bond motifs is 2. The van der Waals surface area contributed by atoms with Crippen molar-refractivity contribution in [2.24, 2.45) is 0 Å². The molecule has 2 heterocycles. The van der Waals surface area contributed by atoms with Gasteiger partial charge in [0.15, 0.2) is 0 Å². The Balaban J connectivity index is 2.49. The van der Waals surface area contributed by atoms with Crippen molar-refractivity contribution < 1.29 is 8.42 Å². The summed E-state index contributed by atoms with van der Waals surface area (Å²) in [6.45, 7) is 4.08. The van der Waals surface area contributed by atoms with Crippen LogP contribution in [-0.2, 0) is 15.3 Å². The molecule has 1 aliphatic rings. The maximum Gasteiger partial charge on any atom is 0.208 e. The zero-order chi connectivity index (χ0) is 13.0. The number of nitrogens with zero attached hydrogens (tertiary/aromatic N) is 1. The first-order valence-electron chi connectivity index (χ1n) is 5.75. The molecule has 18 heavy (non-hydrogen) atoms. The third-order valence-corrected chi connectivity index (χ3v) is 5.44. The molecule has 3 rings (SSSR count). The second-order valence-electron chi connectivity index (χ2n) is 5.00. The summed E-state index contributed by atoms with van der Waals surface area (Å²) in [7, 11) is -3.43. The second-order valence-corrected chi connectivity index (χ2v) is 6.88. The third kappa shape index (κ3) is 1.29. The number of benzene rings is 1. The van der Waals surface area contributed by atoms with Gasteiger partial charge in [0, 0.05) is 17.8 Å². The first-order valence-corrected chi connectivity index (χ1v) is 7.23. The van der Waals surface area contributed by atoms with Gasteiger partial charge in [0.25, 0.3) is 0 Å². The van der Waals surface area contributed by atoms with Crippen LogP contribution >= 0.6 is 0 Å². The molecule has 0 aliphatic carbocycles. The molecule has 92 valence electrons. The quantitative estimate of drug-likeness (QED) is 0.730. The number of pyridine rings is 1. The molecule has 0 spiro atoms. The summed E-state index contributed by atoms with van der Waals surface area (Å²) in [5, 5.41) is 0. The minimum atomic E-state index is -3.43. The topological polar surface area (TPSA) is 47.0 Å². The van der Waals surface area contributed by atoms with E-state index in [1.807, 2.05) is 26.0 Å². The number of aromatic nitrogens is 1. The van der Waals surface area contributed by atoms with E-state index in [9.17, 15) is 8.42 Å². The van der Waals surface area contributed by atoms with Gasteiger partial charge in [-0.3, -0.25) is 4.98 Å². The highest BCUT2D eigenvalue weighted by Gasteiger charge is 2.40. The van der Waals surface area contributed by atoms with Gasteiger partial charge in [-0.05, 0) is 23.3 Å². The van der Waals surface area contributed by atoms with Crippen molar-refractivity contribution in [1.29, 1.82) is 0 Å². The van der Waals surface area contributed by atoms with E-state index in [1.54, 1.807) is 24.4 Å². The summed E-state index contributed by atoms with van der Waals surface area (Å²) in [6, 6.07) is 8.98. The Morgan fingerprint density at radius 1 is 1.00 bits per heavy atom. The third-order valence-electron chi connectivity index (χ3n) is 3.60. The summed E-state index contributed by atoms with van der Waals surface area (Å²) in [5.41, 5.74) is 1.35. The summed E-state index contributed by atoms with van der Waals surface area (Å²) in [6.07, 6.45) is 3.09. The fourth-order valence-corrected chi connectivity index (χ4v) is 4.51. The molecular weight excluding hydrogens is 246 g/mol. The van der Waals surface area contributed by atoms with Crippen LogP contribution in [0, 0.1) is 0 Å². The monoisotopic (exact) mass is 259 g/mol. The van der Waals surface area contributed by atoms with E-state index in [1.165, 1.54) is 6.20 Å². The lowest BCUT2D eigenvalue weighted by molar-refractivity contribution is 0.554. The average molecular weight is 259 g/mol. The van der Waals surface area contributed by atoms with E-state index < -0.39 is 9.84 Å². The number of sulfone groups is 1. The first-order chi connectivity index (χ1) is 8.45. The Morgan fingerprint density at radius 2 is 1.67 bits per heavy atom. The Bertz CT molecular complexity index is 677. The van der Waals surface area contributed by atoms with Gasteiger partial charge in [-0.2, -0.15) is 0 Å². The van der Waals surface area contributed by atoms with Crippen molar-refractivity contribution in [2.45, 2.75) is 29.1 Å². The molecule has 0 amide bonds. The maximum atomic E-state index is 12.5. The van der Waals surface area contributed by atoms with Crippen LogP contribution in [0.1, 0.15) is 25.0 Å². The second kappa shape index (κ2) is 3.42. The lowest BCUT2D eigenvalue weighted by atomic mass is 9.78. The standard InChI is InChI=1S/C14H13NO2S/c1-14(2)10-5-3-4-6-12(10)18(16,17)13-9-15-8-7-11(13)14/h3-9H,1-2H3. The molecule has 0 atom stereocenters. The fraction of sp³-hybridized carbons (Fsp3) is 0.214. The van der Waals surface area contributed by atoms with Crippen LogP contribution in [0.4, 0.5) is 0 Å². The summed E-state index contributed by atoms with van der Waals surface area (Å²) in [4.78, 5) is 4.68. The Hall–Kier alpha value is -1.68. The van der Waals surface area contributed by atoms with Crippen LogP contribution in [0.3, 0.4) is 0 Å². The molecule has 0 saturated heterocycles. The first kappa shape index (κ1) is 11.4. The zero-order valence-electron chi connectivity index (χ0n) is 10.2. The predicted molar refractivity (Wildman–Crippen MR) is 68.3 cm³/mol. The minimum Gasteiger partial charge on any atom is -0.263 e. The van der Waals surface area contributed by atoms with Crippen LogP contribution in [0.25, 0.3) is 0 Å². The van der Waals surface area contributed by atoms with Crippen molar-refractivity contribution >= 4 is 9.84 Å². The fourth-order valence-electron chi connectivity index (χ4n) is 2.59. The highest BCUT2D eigenvalue weighted by Crippen LogP contribution is 2.44. The van der Waals surface area contributed by atoms with Gasteiger partial charge in [0.05, 0.1) is 9.79 Å². The van der Waals surface area contributed by atoms with E-state index in [0.717, 1.165) is 11.1 Å². The van der Waals surface area contributed by atoms with Gasteiger partial charge in [-0.15, -0.1) is 0 Å². The van der Waals surface area contributed by atoms with Gasteiger partial charge in [-0.25, -0.2) is 8.42 Å². The number of hydrogen-bond donors (Lipinski definition) is 0. The normalized spacial score (nSPS) is 18.8. The molecule has 0 bridgehead atoms. The van der Waals surface area contributed by atoms with Crippen LogP contribution < -0.4 is 0 Å². The Kier molecular flexibility index (Phi) is 2.17. The number of hydrogen-bond acceptors (Lipinski definition) is 3. The van der Waals surface area contributed by atoms with Crippen molar-refractivity contribution in [2.75, 3.05) is 0 Å². The van der Waals surface area contributed by atoms with E-state index in [-0.39, 0.29) is 5.41 Å². The summed E-state index contributed by atoms with van der Waals surface area (Å²) < 4.78 is 25.1. The summed E-state index contributed by atoms with van der Waals surface area (Å²) >= 11 is 0. The van der Waals surface area contributed by atoms with E-state index in [0.29, 0.717) is 9.79 Å². The predicted octanol–water partition coefficient (Wildman–Crippen LogP) is 2.55. The van der Waals surface area contributed by atoms with Gasteiger partial charge < -0.3 is 0 Å². The lowest BCUT2D eigenvalue weighted by Gasteiger charge is -2.34. The highest BCUT2D eigenvalue weighted by molar-refractivity contribution is 7.91. The largest absolute Gasteiger partial charge is 0.263 e. The molecule has 0 radical (unpaired) electrons. The van der Waals surface area contributed by atoms with Crippen molar-refractivity contribution in [3.63, 3.8) is 0 Å². The van der Waals surface area contributed by atoms with Crippen LogP contribution in [-0.4, -0.2) is 13.4 Å². The van der Waals surface area contributed by atoms with Crippen molar-refractivity contribution in [3.8, 4) is 0 Å². The number of rotatable bonds is 0. The van der Waals surface area contributed by atoms with Crippen molar-refractivity contribution in [3.05, 3.63) is 53.9 Å². The van der Waals surface area contributed by atoms with Gasteiger partial charge >= 0.3 is 0 Å². The highest BCUT2D eigenvalue weighted by atomic mass is 32.2. The molecule has 0 unspecified atom stereocenters. The van der Waals surface area contributed by atoms with Crippen LogP contribution in [0.15, 0.2) is 52.5 Å². The summed E-state index contributed by atoms with van der Waals surface area (Å²) in [5.74, 6) is 0. The molecule has 4 heteroatoms. The van der Waals surface area contributed by atoms with E-state index in [4.69, 9.17) is 0 Å². The zero-order valence-corrected chi connectivity index (χ0v) is 11.0. The van der Waals surface area contributed by atoms with Crippen molar-refractivity contribution in [1.82, 2.24) is 4.98 Å². The Morgan fingerprint density at radius 3 is 2.44 bits per heavy atom. The SMILES string of the molecule is CC1(C)c2ccccc2S(=O)(=O)c2cnccc21. The van der Waals surface area contributed by atoms with E-state index >= 15 is 0 Å². The maximum absolute atomic E-state index is 12.5. The van der Waals surface area contributed by atoms with Gasteiger partial charge in [0.2, 0.25) is 9.84 Å². The molecule has 0 fully saturated rings. The molecule has 0 N–H and O–H groups in total. The molecule has 0 saturated carbocycles. The van der Waals surface area contributed by atoms with Crippen LogP contribution in [0.5, 0.6) is 0 Å². The van der Waals surface area contributed by atoms with E-state index in [2.05, 4.69) is 4.98 Å². The lowest BCUT2D eigenvalue weighted by Crippen LogP contribution is -2.29. The molecule has 3 nitrogen and oxygen atoms in total.